The van der Waals surface area contributed by atoms with Gasteiger partial charge >= 0.3 is 0 Å². The van der Waals surface area contributed by atoms with Crippen LogP contribution in [0.4, 0.5) is 0 Å². The van der Waals surface area contributed by atoms with Crippen LogP contribution in [0.5, 0.6) is 0 Å². The normalized spacial score (nSPS) is 25.8. The Balaban J connectivity index is 1.96. The molecule has 1 saturated heterocycles. The number of nitrogens with one attached hydrogen (secondary N) is 1. The van der Waals surface area contributed by atoms with Crippen LogP contribution in [-0.2, 0) is 21.1 Å². The molecule has 98 valence electrons. The molecule has 1 amide bonds. The molecule has 4 nitrogen and oxygen atoms in total. The topological polar surface area (TPSA) is 63.2 Å². The maximum atomic E-state index is 11.9. The molecule has 0 spiro atoms. The fraction of sp³-hybridized carbons (Fsp3) is 0.462. The average Bonchev–Trinajstić information content (AvgIpc) is 2.53. The number of carbonyl (C=O) groups excluding carboxylic acids is 1. The summed E-state index contributed by atoms with van der Waals surface area (Å²) in [5, 5.41) is 2.84. The molecule has 0 aliphatic carbocycles. The summed E-state index contributed by atoms with van der Waals surface area (Å²) in [6, 6.07) is 9.42. The molecule has 5 heteroatoms. The number of rotatable bonds is 3. The zero-order valence-electron chi connectivity index (χ0n) is 10.3. The summed E-state index contributed by atoms with van der Waals surface area (Å²) in [5.74, 6) is 0.0798. The van der Waals surface area contributed by atoms with Gasteiger partial charge in [0.25, 0.3) is 0 Å². The molecular weight excluding hydrogens is 250 g/mol. The minimum absolute atomic E-state index is 0.0422. The van der Waals surface area contributed by atoms with E-state index in [1.807, 2.05) is 30.3 Å². The van der Waals surface area contributed by atoms with Crippen LogP contribution in [0.3, 0.4) is 0 Å². The third-order valence-electron chi connectivity index (χ3n) is 3.15. The summed E-state index contributed by atoms with van der Waals surface area (Å²) in [6.45, 7) is 1.79. The monoisotopic (exact) mass is 267 g/mol. The molecule has 1 N–H and O–H groups in total. The largest absolute Gasteiger partial charge is 0.350 e. The Labute approximate surface area is 107 Å². The van der Waals surface area contributed by atoms with Gasteiger partial charge in [0.05, 0.1) is 23.5 Å². The fourth-order valence-electron chi connectivity index (χ4n) is 2.27. The average molecular weight is 267 g/mol. The minimum Gasteiger partial charge on any atom is -0.350 e. The zero-order chi connectivity index (χ0) is 13.2. The second-order valence-corrected chi connectivity index (χ2v) is 7.30. The molecule has 1 unspecified atom stereocenters. The number of benzene rings is 1. The van der Waals surface area contributed by atoms with E-state index in [9.17, 15) is 13.2 Å². The Morgan fingerprint density at radius 1 is 1.33 bits per heavy atom. The van der Waals surface area contributed by atoms with Crippen LogP contribution in [0, 0.1) is 0 Å². The molecule has 1 fully saturated rings. The van der Waals surface area contributed by atoms with Crippen molar-refractivity contribution >= 4 is 15.7 Å². The molecule has 2 rings (SSSR count). The van der Waals surface area contributed by atoms with Crippen LogP contribution >= 0.6 is 0 Å². The van der Waals surface area contributed by atoms with Gasteiger partial charge in [-0.25, -0.2) is 8.42 Å². The Hall–Kier alpha value is -1.36. The Morgan fingerprint density at radius 2 is 2.00 bits per heavy atom. The Bertz CT molecular complexity index is 539. The standard InChI is InChI=1S/C13H17NO3S/c1-13(7-8-18(16,17)10-13)14-12(15)9-11-5-3-2-4-6-11/h2-6H,7-10H2,1H3,(H,14,15). The highest BCUT2D eigenvalue weighted by molar-refractivity contribution is 7.91. The first-order valence-corrected chi connectivity index (χ1v) is 7.76. The molecule has 18 heavy (non-hydrogen) atoms. The predicted octanol–water partition coefficient (Wildman–Crippen LogP) is 0.922. The van der Waals surface area contributed by atoms with E-state index in [4.69, 9.17) is 0 Å². The van der Waals surface area contributed by atoms with Gasteiger partial charge < -0.3 is 5.32 Å². The zero-order valence-corrected chi connectivity index (χ0v) is 11.2. The molecule has 0 aromatic heterocycles. The second kappa shape index (κ2) is 4.72. The number of carbonyl (C=O) groups is 1. The van der Waals surface area contributed by atoms with Crippen molar-refractivity contribution in [1.29, 1.82) is 0 Å². The van der Waals surface area contributed by atoms with Gasteiger partial charge in [-0.3, -0.25) is 4.79 Å². The number of amides is 1. The third kappa shape index (κ3) is 3.32. The van der Waals surface area contributed by atoms with E-state index in [0.29, 0.717) is 6.42 Å². The minimum atomic E-state index is -2.99. The SMILES string of the molecule is CC1(NC(=O)Cc2ccccc2)CCS(=O)(=O)C1. The highest BCUT2D eigenvalue weighted by Crippen LogP contribution is 2.22. The molecule has 1 atom stereocenters. The van der Waals surface area contributed by atoms with Gasteiger partial charge in [0.2, 0.25) is 5.91 Å². The maximum absolute atomic E-state index is 11.9. The highest BCUT2D eigenvalue weighted by Gasteiger charge is 2.39. The van der Waals surface area contributed by atoms with Crippen molar-refractivity contribution in [3.63, 3.8) is 0 Å². The van der Waals surface area contributed by atoms with Gasteiger partial charge in [-0.2, -0.15) is 0 Å². The van der Waals surface area contributed by atoms with Gasteiger partial charge in [-0.15, -0.1) is 0 Å². The highest BCUT2D eigenvalue weighted by atomic mass is 32.2. The molecule has 0 saturated carbocycles. The van der Waals surface area contributed by atoms with Gasteiger partial charge in [0.1, 0.15) is 0 Å². The van der Waals surface area contributed by atoms with Gasteiger partial charge in [-0.1, -0.05) is 30.3 Å². The first kappa shape index (κ1) is 13.1. The van der Waals surface area contributed by atoms with Gasteiger partial charge in [0, 0.05) is 0 Å². The second-order valence-electron chi connectivity index (χ2n) is 5.11. The Kier molecular flexibility index (Phi) is 3.43. The van der Waals surface area contributed by atoms with E-state index in [1.165, 1.54) is 0 Å². The van der Waals surface area contributed by atoms with Crippen molar-refractivity contribution in [2.75, 3.05) is 11.5 Å². The van der Waals surface area contributed by atoms with Gasteiger partial charge in [-0.05, 0) is 18.9 Å². The summed E-state index contributed by atoms with van der Waals surface area (Å²) in [5.41, 5.74) is 0.324. The smallest absolute Gasteiger partial charge is 0.224 e. The fourth-order valence-corrected chi connectivity index (χ4v) is 4.36. The summed E-state index contributed by atoms with van der Waals surface area (Å²) in [6.07, 6.45) is 0.784. The van der Waals surface area contributed by atoms with Crippen molar-refractivity contribution in [3.8, 4) is 0 Å². The summed E-state index contributed by atoms with van der Waals surface area (Å²) in [7, 11) is -2.99. The van der Waals surface area contributed by atoms with Crippen LogP contribution in [0.2, 0.25) is 0 Å². The summed E-state index contributed by atoms with van der Waals surface area (Å²) in [4.78, 5) is 11.9. The lowest BCUT2D eigenvalue weighted by atomic mass is 10.0. The molecule has 1 aliphatic heterocycles. The van der Waals surface area contributed by atoms with Crippen LogP contribution in [0.15, 0.2) is 30.3 Å². The lowest BCUT2D eigenvalue weighted by molar-refractivity contribution is -0.121. The van der Waals surface area contributed by atoms with E-state index in [1.54, 1.807) is 6.92 Å². The van der Waals surface area contributed by atoms with E-state index < -0.39 is 15.4 Å². The first-order chi connectivity index (χ1) is 8.39. The van der Waals surface area contributed by atoms with Crippen molar-refractivity contribution < 1.29 is 13.2 Å². The van der Waals surface area contributed by atoms with Crippen molar-refractivity contribution in [3.05, 3.63) is 35.9 Å². The van der Waals surface area contributed by atoms with Crippen molar-refractivity contribution in [2.45, 2.75) is 25.3 Å². The molecule has 1 aromatic rings. The molecule has 1 aromatic carbocycles. The quantitative estimate of drug-likeness (QED) is 0.886. The molecule has 0 radical (unpaired) electrons. The lowest BCUT2D eigenvalue weighted by Crippen LogP contribution is -2.47. The van der Waals surface area contributed by atoms with Crippen molar-refractivity contribution in [1.82, 2.24) is 5.32 Å². The maximum Gasteiger partial charge on any atom is 0.224 e. The molecule has 1 heterocycles. The number of sulfone groups is 1. The third-order valence-corrected chi connectivity index (χ3v) is 5.06. The molecule has 0 bridgehead atoms. The van der Waals surface area contributed by atoms with Crippen LogP contribution in [0.1, 0.15) is 18.9 Å². The lowest BCUT2D eigenvalue weighted by Gasteiger charge is -2.23. The van der Waals surface area contributed by atoms with Crippen LogP contribution in [0.25, 0.3) is 0 Å². The predicted molar refractivity (Wildman–Crippen MR) is 70.0 cm³/mol. The molecular formula is C13H17NO3S. The van der Waals surface area contributed by atoms with Crippen LogP contribution < -0.4 is 5.32 Å². The van der Waals surface area contributed by atoms with E-state index in [-0.39, 0.29) is 23.8 Å². The first-order valence-electron chi connectivity index (χ1n) is 5.94. The van der Waals surface area contributed by atoms with E-state index in [0.717, 1.165) is 5.56 Å². The van der Waals surface area contributed by atoms with E-state index in [2.05, 4.69) is 5.32 Å². The van der Waals surface area contributed by atoms with Crippen LogP contribution in [-0.4, -0.2) is 31.4 Å². The van der Waals surface area contributed by atoms with Crippen molar-refractivity contribution in [2.24, 2.45) is 0 Å². The summed E-state index contributed by atoms with van der Waals surface area (Å²) >= 11 is 0. The van der Waals surface area contributed by atoms with Gasteiger partial charge in [0.15, 0.2) is 9.84 Å². The summed E-state index contributed by atoms with van der Waals surface area (Å²) < 4.78 is 22.9. The Morgan fingerprint density at radius 3 is 2.56 bits per heavy atom. The molecule has 1 aliphatic rings. The number of hydrogen-bond donors (Lipinski definition) is 1. The number of hydrogen-bond acceptors (Lipinski definition) is 3. The van der Waals surface area contributed by atoms with E-state index >= 15 is 0 Å².